The molecule has 0 unspecified atom stereocenters. The zero-order valence-electron chi connectivity index (χ0n) is 6.71. The summed E-state index contributed by atoms with van der Waals surface area (Å²) < 4.78 is 11.5. The second-order valence-electron chi connectivity index (χ2n) is 2.68. The maximum atomic E-state index is 5.22. The van der Waals surface area contributed by atoms with E-state index in [1.165, 1.54) is 0 Å². The highest BCUT2D eigenvalue weighted by Crippen LogP contribution is 2.40. The van der Waals surface area contributed by atoms with Crippen molar-refractivity contribution in [3.8, 4) is 5.75 Å². The fourth-order valence-corrected chi connectivity index (χ4v) is 1.83. The molecule has 0 spiro atoms. The first kappa shape index (κ1) is 8.08. The van der Waals surface area contributed by atoms with E-state index in [9.17, 15) is 0 Å². The molecule has 0 aliphatic carbocycles. The van der Waals surface area contributed by atoms with Crippen LogP contribution in [0.25, 0.3) is 0 Å². The predicted molar refractivity (Wildman–Crippen MR) is 49.4 cm³/mol. The van der Waals surface area contributed by atoms with Gasteiger partial charge in [0.05, 0.1) is 13.7 Å². The molecule has 0 aromatic heterocycles. The highest BCUT2D eigenvalue weighted by Gasteiger charge is 2.29. The van der Waals surface area contributed by atoms with Crippen LogP contribution in [-0.4, -0.2) is 13.7 Å². The lowest BCUT2D eigenvalue weighted by molar-refractivity contribution is 0.382. The van der Waals surface area contributed by atoms with Gasteiger partial charge in [0.25, 0.3) is 0 Å². The van der Waals surface area contributed by atoms with Gasteiger partial charge in [-0.25, -0.2) is 0 Å². The van der Waals surface area contributed by atoms with Crippen LogP contribution >= 0.6 is 15.9 Å². The number of benzene rings is 1. The second-order valence-corrected chi connectivity index (χ2v) is 3.53. The lowest BCUT2D eigenvalue weighted by Crippen LogP contribution is -1.91. The van der Waals surface area contributed by atoms with Gasteiger partial charge in [-0.2, -0.15) is 0 Å². The topological polar surface area (TPSA) is 21.8 Å². The molecular weight excluding hydrogens is 220 g/mol. The van der Waals surface area contributed by atoms with Crippen LogP contribution < -0.4 is 4.74 Å². The summed E-state index contributed by atoms with van der Waals surface area (Å²) in [5, 5.41) is 0. The summed E-state index contributed by atoms with van der Waals surface area (Å²) >= 11 is 3.47. The average molecular weight is 229 g/mol. The maximum Gasteiger partial charge on any atom is 0.125 e. The number of hydrogen-bond acceptors (Lipinski definition) is 2. The Morgan fingerprint density at radius 1 is 1.58 bits per heavy atom. The summed E-state index contributed by atoms with van der Waals surface area (Å²) in [5.41, 5.74) is 1.13. The Hall–Kier alpha value is -0.540. The van der Waals surface area contributed by atoms with Crippen molar-refractivity contribution >= 4 is 15.9 Å². The molecule has 1 fully saturated rings. The summed E-state index contributed by atoms with van der Waals surface area (Å²) in [6.07, 6.45) is 0.232. The Balaban J connectivity index is 2.45. The van der Waals surface area contributed by atoms with Gasteiger partial charge in [-0.1, -0.05) is 22.0 Å². The summed E-state index contributed by atoms with van der Waals surface area (Å²) in [6.45, 7) is 0.805. The minimum atomic E-state index is 0.232. The third kappa shape index (κ3) is 1.34. The van der Waals surface area contributed by atoms with Gasteiger partial charge in [-0.15, -0.1) is 0 Å². The fourth-order valence-electron chi connectivity index (χ4n) is 1.22. The first-order chi connectivity index (χ1) is 5.83. The van der Waals surface area contributed by atoms with E-state index < -0.39 is 0 Å². The van der Waals surface area contributed by atoms with E-state index in [2.05, 4.69) is 15.9 Å². The fraction of sp³-hybridized carbons (Fsp3) is 0.333. The van der Waals surface area contributed by atoms with Crippen molar-refractivity contribution in [2.24, 2.45) is 0 Å². The lowest BCUT2D eigenvalue weighted by Gasteiger charge is -2.06. The van der Waals surface area contributed by atoms with Crippen molar-refractivity contribution < 1.29 is 9.47 Å². The first-order valence-electron chi connectivity index (χ1n) is 3.77. The molecule has 1 heterocycles. The van der Waals surface area contributed by atoms with Crippen LogP contribution in [-0.2, 0) is 4.74 Å². The number of epoxide rings is 1. The zero-order valence-corrected chi connectivity index (χ0v) is 8.30. The minimum absolute atomic E-state index is 0.232. The molecule has 1 aromatic carbocycles. The molecule has 0 N–H and O–H groups in total. The van der Waals surface area contributed by atoms with Crippen molar-refractivity contribution in [3.63, 3.8) is 0 Å². The van der Waals surface area contributed by atoms with Gasteiger partial charge in [0.1, 0.15) is 11.9 Å². The normalized spacial score (nSPS) is 20.7. The maximum absolute atomic E-state index is 5.22. The SMILES string of the molecule is COc1cccc(Br)c1[C@@H]1CO1. The van der Waals surface area contributed by atoms with E-state index in [0.29, 0.717) is 0 Å². The molecule has 0 amide bonds. The molecule has 1 atom stereocenters. The molecule has 1 aliphatic rings. The van der Waals surface area contributed by atoms with Gasteiger partial charge in [-0.3, -0.25) is 0 Å². The Bertz CT molecular complexity index is 295. The van der Waals surface area contributed by atoms with Gasteiger partial charge >= 0.3 is 0 Å². The van der Waals surface area contributed by atoms with Crippen LogP contribution in [0.15, 0.2) is 22.7 Å². The standard InChI is InChI=1S/C9H9BrO2/c1-11-7-4-2-3-6(10)9(7)8-5-12-8/h2-4,8H,5H2,1H3/t8-/m0/s1. The molecule has 0 saturated carbocycles. The molecule has 12 heavy (non-hydrogen) atoms. The van der Waals surface area contributed by atoms with E-state index in [4.69, 9.17) is 9.47 Å². The number of rotatable bonds is 2. The molecule has 2 rings (SSSR count). The van der Waals surface area contributed by atoms with Crippen LogP contribution in [0.3, 0.4) is 0 Å². The van der Waals surface area contributed by atoms with Crippen molar-refractivity contribution in [1.82, 2.24) is 0 Å². The Morgan fingerprint density at radius 3 is 2.92 bits per heavy atom. The van der Waals surface area contributed by atoms with Gasteiger partial charge in [0.2, 0.25) is 0 Å². The number of halogens is 1. The molecule has 1 aromatic rings. The van der Waals surface area contributed by atoms with E-state index in [0.717, 1.165) is 22.4 Å². The molecule has 0 radical (unpaired) electrons. The largest absolute Gasteiger partial charge is 0.496 e. The summed E-state index contributed by atoms with van der Waals surface area (Å²) in [6, 6.07) is 5.90. The van der Waals surface area contributed by atoms with Gasteiger partial charge < -0.3 is 9.47 Å². The van der Waals surface area contributed by atoms with Crippen molar-refractivity contribution in [2.45, 2.75) is 6.10 Å². The van der Waals surface area contributed by atoms with Gasteiger partial charge in [0, 0.05) is 10.0 Å². The van der Waals surface area contributed by atoms with Crippen LogP contribution in [0.4, 0.5) is 0 Å². The van der Waals surface area contributed by atoms with Crippen LogP contribution in [0.2, 0.25) is 0 Å². The molecular formula is C9H9BrO2. The van der Waals surface area contributed by atoms with E-state index in [-0.39, 0.29) is 6.10 Å². The zero-order chi connectivity index (χ0) is 8.55. The van der Waals surface area contributed by atoms with E-state index in [1.54, 1.807) is 7.11 Å². The average Bonchev–Trinajstić information content (AvgIpc) is 2.87. The first-order valence-corrected chi connectivity index (χ1v) is 4.56. The van der Waals surface area contributed by atoms with Gasteiger partial charge in [0.15, 0.2) is 0 Å². The summed E-state index contributed by atoms with van der Waals surface area (Å²) in [5.74, 6) is 0.895. The molecule has 64 valence electrons. The third-order valence-electron chi connectivity index (χ3n) is 1.89. The number of ether oxygens (including phenoxy) is 2. The Kier molecular flexibility index (Phi) is 2.07. The van der Waals surface area contributed by atoms with E-state index >= 15 is 0 Å². The highest BCUT2D eigenvalue weighted by molar-refractivity contribution is 9.10. The van der Waals surface area contributed by atoms with Crippen LogP contribution in [0.5, 0.6) is 5.75 Å². The highest BCUT2D eigenvalue weighted by atomic mass is 79.9. The third-order valence-corrected chi connectivity index (χ3v) is 2.58. The van der Waals surface area contributed by atoms with Gasteiger partial charge in [-0.05, 0) is 12.1 Å². The second kappa shape index (κ2) is 3.07. The number of hydrogen-bond donors (Lipinski definition) is 0. The Labute approximate surface area is 79.6 Å². The molecule has 0 bridgehead atoms. The van der Waals surface area contributed by atoms with Crippen molar-refractivity contribution in [1.29, 1.82) is 0 Å². The van der Waals surface area contributed by atoms with Crippen molar-refractivity contribution in [3.05, 3.63) is 28.2 Å². The van der Waals surface area contributed by atoms with Crippen LogP contribution in [0, 0.1) is 0 Å². The molecule has 3 heteroatoms. The molecule has 1 aliphatic heterocycles. The smallest absolute Gasteiger partial charge is 0.125 e. The molecule has 2 nitrogen and oxygen atoms in total. The van der Waals surface area contributed by atoms with Crippen LogP contribution in [0.1, 0.15) is 11.7 Å². The van der Waals surface area contributed by atoms with E-state index in [1.807, 2.05) is 18.2 Å². The summed E-state index contributed by atoms with van der Waals surface area (Å²) in [4.78, 5) is 0. The lowest BCUT2D eigenvalue weighted by atomic mass is 10.1. The minimum Gasteiger partial charge on any atom is -0.496 e. The Morgan fingerprint density at radius 2 is 2.33 bits per heavy atom. The quantitative estimate of drug-likeness (QED) is 0.727. The molecule has 1 saturated heterocycles. The monoisotopic (exact) mass is 228 g/mol. The predicted octanol–water partition coefficient (Wildman–Crippen LogP) is 2.53. The van der Waals surface area contributed by atoms with Crippen molar-refractivity contribution in [2.75, 3.05) is 13.7 Å². The number of methoxy groups -OCH3 is 1. The summed E-state index contributed by atoms with van der Waals surface area (Å²) in [7, 11) is 1.67.